The summed E-state index contributed by atoms with van der Waals surface area (Å²) in [5, 5.41) is 12.0. The molecule has 0 spiro atoms. The van der Waals surface area contributed by atoms with Crippen LogP contribution in [0.1, 0.15) is 24.7 Å². The molecule has 2 unspecified atom stereocenters. The summed E-state index contributed by atoms with van der Waals surface area (Å²) in [6, 6.07) is 11.6. The average molecular weight is 462 g/mol. The van der Waals surface area contributed by atoms with Crippen LogP contribution in [0.2, 0.25) is 0 Å². The number of aliphatic hydroxyl groups is 1. The number of aromatic nitrogens is 2. The zero-order chi connectivity index (χ0) is 23.1. The Hall–Kier alpha value is -2.65. The number of rotatable bonds is 4. The minimum atomic E-state index is -4.88. The van der Waals surface area contributed by atoms with Crippen molar-refractivity contribution in [3.05, 3.63) is 60.0 Å². The molecule has 3 aromatic rings. The number of benzene rings is 2. The highest BCUT2D eigenvalue weighted by molar-refractivity contribution is 7.99. The molecular weight excluding hydrogens is 439 g/mol. The van der Waals surface area contributed by atoms with E-state index in [1.807, 2.05) is 0 Å². The summed E-state index contributed by atoms with van der Waals surface area (Å²) in [6.45, 7) is 3.07. The SMILES string of the molecule is CSC1(C(C)(O)C(=Nc2cccc3nc(C)ncc23)C(F)(F)F)CCOc2ccccc21. The smallest absolute Gasteiger partial charge is 0.432 e. The number of aryl methyl sites for hydroxylation is 1. The monoisotopic (exact) mass is 461 g/mol. The van der Waals surface area contributed by atoms with Crippen LogP contribution in [0.5, 0.6) is 5.75 Å². The molecule has 0 saturated carbocycles. The van der Waals surface area contributed by atoms with Crippen LogP contribution in [0.15, 0.2) is 53.7 Å². The summed E-state index contributed by atoms with van der Waals surface area (Å²) in [4.78, 5) is 12.4. The van der Waals surface area contributed by atoms with Gasteiger partial charge in [0, 0.05) is 23.6 Å². The lowest BCUT2D eigenvalue weighted by Gasteiger charge is -2.47. The van der Waals surface area contributed by atoms with E-state index in [1.54, 1.807) is 49.6 Å². The van der Waals surface area contributed by atoms with Gasteiger partial charge in [0.05, 0.1) is 22.6 Å². The first-order chi connectivity index (χ1) is 15.1. The third-order valence-corrected chi connectivity index (χ3v) is 7.37. The van der Waals surface area contributed by atoms with E-state index in [4.69, 9.17) is 4.74 Å². The summed E-state index contributed by atoms with van der Waals surface area (Å²) < 4.78 is 47.7. The number of ether oxygens (including phenoxy) is 1. The largest absolute Gasteiger partial charge is 0.493 e. The van der Waals surface area contributed by atoms with Crippen molar-refractivity contribution < 1.29 is 23.0 Å². The first kappa shape index (κ1) is 22.5. The van der Waals surface area contributed by atoms with E-state index < -0.39 is 22.2 Å². The fourth-order valence-electron chi connectivity index (χ4n) is 4.27. The van der Waals surface area contributed by atoms with E-state index in [0.717, 1.165) is 0 Å². The van der Waals surface area contributed by atoms with Crippen LogP contribution in [-0.2, 0) is 4.75 Å². The molecule has 1 N–H and O–H groups in total. The molecule has 2 atom stereocenters. The minimum Gasteiger partial charge on any atom is -0.493 e. The van der Waals surface area contributed by atoms with Crippen molar-refractivity contribution in [2.75, 3.05) is 12.9 Å². The minimum absolute atomic E-state index is 0.0479. The molecule has 2 heterocycles. The highest BCUT2D eigenvalue weighted by atomic mass is 32.2. The predicted molar refractivity (Wildman–Crippen MR) is 120 cm³/mol. The maximum Gasteiger partial charge on any atom is 0.432 e. The second-order valence-electron chi connectivity index (χ2n) is 7.78. The molecule has 0 fully saturated rings. The number of para-hydroxylation sites is 1. The predicted octanol–water partition coefficient (Wildman–Crippen LogP) is 5.37. The Morgan fingerprint density at radius 2 is 1.94 bits per heavy atom. The number of halogens is 3. The molecule has 1 aromatic heterocycles. The number of hydrogen-bond acceptors (Lipinski definition) is 6. The molecule has 1 aliphatic heterocycles. The van der Waals surface area contributed by atoms with Gasteiger partial charge in [0.25, 0.3) is 0 Å². The number of nitrogens with zero attached hydrogens (tertiary/aromatic N) is 3. The quantitative estimate of drug-likeness (QED) is 0.530. The Morgan fingerprint density at radius 1 is 1.19 bits per heavy atom. The van der Waals surface area contributed by atoms with Gasteiger partial charge >= 0.3 is 6.18 Å². The maximum atomic E-state index is 14.4. The van der Waals surface area contributed by atoms with Crippen LogP contribution in [0, 0.1) is 6.92 Å². The topological polar surface area (TPSA) is 67.6 Å². The van der Waals surface area contributed by atoms with Gasteiger partial charge in [-0.15, -0.1) is 0 Å². The van der Waals surface area contributed by atoms with E-state index in [0.29, 0.717) is 28.0 Å². The van der Waals surface area contributed by atoms with Gasteiger partial charge in [-0.1, -0.05) is 24.3 Å². The van der Waals surface area contributed by atoms with Gasteiger partial charge in [0.15, 0.2) is 5.71 Å². The molecule has 0 amide bonds. The van der Waals surface area contributed by atoms with Gasteiger partial charge in [-0.3, -0.25) is 0 Å². The summed E-state index contributed by atoms with van der Waals surface area (Å²) in [7, 11) is 0. The van der Waals surface area contributed by atoms with E-state index in [-0.39, 0.29) is 18.7 Å². The number of alkyl halides is 3. The molecule has 0 radical (unpaired) electrons. The molecule has 1 aliphatic rings. The fraction of sp³-hybridized carbons (Fsp3) is 0.348. The molecule has 4 rings (SSSR count). The molecule has 32 heavy (non-hydrogen) atoms. The Bertz CT molecular complexity index is 1200. The fourth-order valence-corrected chi connectivity index (χ4v) is 5.44. The number of thioether (sulfide) groups is 1. The summed E-state index contributed by atoms with van der Waals surface area (Å²) in [5.74, 6) is 0.964. The van der Waals surface area contributed by atoms with Crippen LogP contribution in [0.4, 0.5) is 18.9 Å². The third kappa shape index (κ3) is 3.63. The first-order valence-corrected chi connectivity index (χ1v) is 11.2. The van der Waals surface area contributed by atoms with Crippen LogP contribution in [0.3, 0.4) is 0 Å². The van der Waals surface area contributed by atoms with E-state index in [2.05, 4.69) is 15.0 Å². The second-order valence-corrected chi connectivity index (χ2v) is 8.89. The van der Waals surface area contributed by atoms with E-state index in [1.165, 1.54) is 30.9 Å². The first-order valence-electron chi connectivity index (χ1n) is 9.99. The van der Waals surface area contributed by atoms with Gasteiger partial charge in [-0.25, -0.2) is 15.0 Å². The molecular formula is C23H22F3N3O2S. The van der Waals surface area contributed by atoms with Crippen LogP contribution >= 0.6 is 11.8 Å². The molecule has 2 aromatic carbocycles. The Balaban J connectivity index is 1.95. The normalized spacial score (nSPS) is 21.0. The van der Waals surface area contributed by atoms with Crippen LogP contribution < -0.4 is 4.74 Å². The average Bonchev–Trinajstić information content (AvgIpc) is 2.75. The zero-order valence-corrected chi connectivity index (χ0v) is 18.6. The lowest BCUT2D eigenvalue weighted by atomic mass is 9.75. The summed E-state index contributed by atoms with van der Waals surface area (Å²) in [6.07, 6.45) is -1.55. The molecule has 0 saturated heterocycles. The highest BCUT2D eigenvalue weighted by Crippen LogP contribution is 2.54. The van der Waals surface area contributed by atoms with Crippen molar-refractivity contribution in [3.8, 4) is 5.75 Å². The van der Waals surface area contributed by atoms with Gasteiger partial charge in [-0.2, -0.15) is 24.9 Å². The van der Waals surface area contributed by atoms with Crippen molar-refractivity contribution >= 4 is 34.1 Å². The number of hydrogen-bond donors (Lipinski definition) is 1. The van der Waals surface area contributed by atoms with Crippen molar-refractivity contribution in [3.63, 3.8) is 0 Å². The third-order valence-electron chi connectivity index (χ3n) is 5.85. The van der Waals surface area contributed by atoms with Gasteiger partial charge in [0.1, 0.15) is 17.2 Å². The van der Waals surface area contributed by atoms with Crippen LogP contribution in [-0.4, -0.2) is 45.4 Å². The van der Waals surface area contributed by atoms with E-state index in [9.17, 15) is 18.3 Å². The van der Waals surface area contributed by atoms with Crippen molar-refractivity contribution in [2.24, 2.45) is 4.99 Å². The molecule has 168 valence electrons. The lowest BCUT2D eigenvalue weighted by molar-refractivity contribution is -0.0787. The van der Waals surface area contributed by atoms with Crippen molar-refractivity contribution in [2.45, 2.75) is 36.8 Å². The van der Waals surface area contributed by atoms with Crippen LogP contribution in [0.25, 0.3) is 10.9 Å². The number of aliphatic imine (C=N–C) groups is 1. The van der Waals surface area contributed by atoms with Crippen molar-refractivity contribution in [1.82, 2.24) is 9.97 Å². The highest BCUT2D eigenvalue weighted by Gasteiger charge is 2.60. The van der Waals surface area contributed by atoms with E-state index >= 15 is 0 Å². The molecule has 9 heteroatoms. The van der Waals surface area contributed by atoms with Gasteiger partial charge < -0.3 is 9.84 Å². The Kier molecular flexibility index (Phi) is 5.67. The Morgan fingerprint density at radius 3 is 2.66 bits per heavy atom. The van der Waals surface area contributed by atoms with Gasteiger partial charge in [0.2, 0.25) is 0 Å². The zero-order valence-electron chi connectivity index (χ0n) is 17.8. The lowest BCUT2D eigenvalue weighted by Crippen LogP contribution is -2.58. The molecule has 0 bridgehead atoms. The summed E-state index contributed by atoms with van der Waals surface area (Å²) in [5.41, 5.74) is -2.59. The standard InChI is InChI=1S/C23H22F3N3O2S/c1-14-27-13-15-17(28-14)8-6-9-18(15)29-20(23(24,25)26)21(2,30)22(32-3)11-12-31-19-10-5-4-7-16(19)22/h4-10,13,30H,11-12H2,1-3H3. The maximum absolute atomic E-state index is 14.4. The van der Waals surface area contributed by atoms with Crippen molar-refractivity contribution in [1.29, 1.82) is 0 Å². The Labute approximate surface area is 187 Å². The molecule has 5 nitrogen and oxygen atoms in total. The molecule has 0 aliphatic carbocycles. The number of fused-ring (bicyclic) bond motifs is 2. The van der Waals surface area contributed by atoms with Gasteiger partial charge in [-0.05, 0) is 38.3 Å². The summed E-state index contributed by atoms with van der Waals surface area (Å²) >= 11 is 1.17. The second kappa shape index (κ2) is 8.04.